The minimum atomic E-state index is -0.195. The predicted octanol–water partition coefficient (Wildman–Crippen LogP) is 14.8. The normalized spacial score (nSPS) is 12.8. The molecule has 0 unspecified atom stereocenters. The number of aromatic nitrogens is 4. The van der Waals surface area contributed by atoms with E-state index in [1.807, 2.05) is 0 Å². The molecule has 338 valence electrons. The first-order valence-electron chi connectivity index (χ1n) is 25.0. The highest BCUT2D eigenvalue weighted by molar-refractivity contribution is 6.98. The van der Waals surface area contributed by atoms with E-state index in [0.29, 0.717) is 0 Å². The van der Waals surface area contributed by atoms with Gasteiger partial charge < -0.3 is 27.7 Å². The van der Waals surface area contributed by atoms with Crippen LogP contribution in [0.4, 0.5) is 0 Å². The molecular formula is C66H39BN4O2. The first-order valence-corrected chi connectivity index (χ1v) is 25.0. The van der Waals surface area contributed by atoms with Gasteiger partial charge in [0.25, 0.3) is 6.71 Å². The van der Waals surface area contributed by atoms with Crippen molar-refractivity contribution in [3.8, 4) is 45.7 Å². The lowest BCUT2D eigenvalue weighted by Crippen LogP contribution is -2.57. The van der Waals surface area contributed by atoms with E-state index >= 15 is 0 Å². The largest absolute Gasteiger partial charge is 0.458 e. The molecule has 11 aromatic carbocycles. The Kier molecular flexibility index (Phi) is 7.73. The quantitative estimate of drug-likeness (QED) is 0.165. The lowest BCUT2D eigenvalue weighted by atomic mass is 9.34. The standard InChI is InChI=1S/C66H39BN4O2/c1-8-22-54-44(15-1)45-16-2-9-23-55(45)68(54)40-29-32-61-51(35-40)50-21-7-14-28-60(50)71(61)43-38-64-66-65(39-43)73-63-34-31-42(70-58-26-12-5-19-48(58)49-20-6-13-27-59(49)70)37-53(63)67(66)52-36-41(30-33-62(52)72-64)69-56-24-10-3-17-46(56)47-18-4-11-25-57(47)69/h1-39H. The van der Waals surface area contributed by atoms with Crippen LogP contribution in [-0.2, 0) is 0 Å². The van der Waals surface area contributed by atoms with Crippen LogP contribution in [0.15, 0.2) is 237 Å². The molecule has 0 atom stereocenters. The maximum Gasteiger partial charge on any atom is 0.260 e. The second kappa shape index (κ2) is 14.4. The highest BCUT2D eigenvalue weighted by Gasteiger charge is 2.41. The molecule has 0 N–H and O–H groups in total. The van der Waals surface area contributed by atoms with Crippen molar-refractivity contribution in [2.45, 2.75) is 0 Å². The van der Waals surface area contributed by atoms with Crippen molar-refractivity contribution in [2.24, 2.45) is 0 Å². The summed E-state index contributed by atoms with van der Waals surface area (Å²) in [6, 6.07) is 85.8. The first kappa shape index (κ1) is 39.1. The second-order valence-corrected chi connectivity index (χ2v) is 19.6. The molecule has 0 bridgehead atoms. The number of benzene rings is 11. The highest BCUT2D eigenvalue weighted by Crippen LogP contribution is 2.43. The smallest absolute Gasteiger partial charge is 0.260 e. The topological polar surface area (TPSA) is 38.2 Å². The number of ether oxygens (including phenoxy) is 2. The Morgan fingerprint density at radius 2 is 0.521 bits per heavy atom. The number of fused-ring (bicyclic) bond motifs is 16. The summed E-state index contributed by atoms with van der Waals surface area (Å²) in [4.78, 5) is 0. The average molecular weight is 931 g/mol. The molecule has 0 aliphatic carbocycles. The lowest BCUT2D eigenvalue weighted by Gasteiger charge is -2.34. The molecule has 0 fully saturated rings. The SMILES string of the molecule is c1ccc2c(c1)c1ccccc1n2-c1ccc2c(c1)B1c3cc(-n4c5ccccc5c5ccccc54)ccc3Oc3cc(-n4c5ccccc5c5cc(-n6c7ccccc7c7ccccc76)ccc54)cc(c31)O2. The molecule has 17 rings (SSSR count). The molecule has 0 amide bonds. The van der Waals surface area contributed by atoms with Crippen molar-refractivity contribution in [3.63, 3.8) is 0 Å². The molecule has 73 heavy (non-hydrogen) atoms. The summed E-state index contributed by atoms with van der Waals surface area (Å²) in [6.07, 6.45) is 0. The zero-order valence-corrected chi connectivity index (χ0v) is 39.2. The lowest BCUT2D eigenvalue weighted by molar-refractivity contribution is 0.464. The van der Waals surface area contributed by atoms with Gasteiger partial charge in [-0.15, -0.1) is 0 Å². The van der Waals surface area contributed by atoms with Crippen molar-refractivity contribution < 1.29 is 9.47 Å². The van der Waals surface area contributed by atoms with Crippen molar-refractivity contribution in [3.05, 3.63) is 237 Å². The third-order valence-electron chi connectivity index (χ3n) is 15.9. The van der Waals surface area contributed by atoms with Gasteiger partial charge in [0.1, 0.15) is 23.0 Å². The summed E-state index contributed by atoms with van der Waals surface area (Å²) in [7, 11) is 0. The van der Waals surface area contributed by atoms with E-state index in [2.05, 4.69) is 255 Å². The van der Waals surface area contributed by atoms with E-state index < -0.39 is 0 Å². The summed E-state index contributed by atoms with van der Waals surface area (Å²) in [6.45, 7) is -0.195. The van der Waals surface area contributed by atoms with Crippen LogP contribution in [0, 0.1) is 0 Å². The summed E-state index contributed by atoms with van der Waals surface area (Å²) in [5.74, 6) is 3.24. The summed E-state index contributed by atoms with van der Waals surface area (Å²) in [5, 5.41) is 9.76. The number of hydrogen-bond donors (Lipinski definition) is 0. The molecule has 15 aromatic rings. The van der Waals surface area contributed by atoms with Crippen LogP contribution >= 0.6 is 0 Å². The van der Waals surface area contributed by atoms with Gasteiger partial charge >= 0.3 is 0 Å². The van der Waals surface area contributed by atoms with E-state index in [4.69, 9.17) is 9.47 Å². The Bertz CT molecular complexity index is 4550. The highest BCUT2D eigenvalue weighted by atomic mass is 16.5. The Balaban J connectivity index is 0.885. The molecule has 0 saturated carbocycles. The van der Waals surface area contributed by atoms with E-state index in [0.717, 1.165) is 73.2 Å². The molecule has 0 radical (unpaired) electrons. The van der Waals surface area contributed by atoms with Crippen molar-refractivity contribution in [1.29, 1.82) is 0 Å². The van der Waals surface area contributed by atoms with E-state index in [9.17, 15) is 0 Å². The van der Waals surface area contributed by atoms with Gasteiger partial charge in [-0.25, -0.2) is 0 Å². The minimum Gasteiger partial charge on any atom is -0.458 e. The molecule has 2 aliphatic heterocycles. The number of para-hydroxylation sites is 7. The molecule has 6 heterocycles. The van der Waals surface area contributed by atoms with Gasteiger partial charge in [0, 0.05) is 77.7 Å². The van der Waals surface area contributed by atoms with Gasteiger partial charge in [0.05, 0.1) is 49.8 Å². The van der Waals surface area contributed by atoms with Gasteiger partial charge in [0.2, 0.25) is 0 Å². The van der Waals surface area contributed by atoms with Gasteiger partial charge in [-0.3, -0.25) is 0 Å². The van der Waals surface area contributed by atoms with Crippen LogP contribution in [0.25, 0.3) is 110 Å². The third-order valence-corrected chi connectivity index (χ3v) is 15.9. The maximum absolute atomic E-state index is 7.21. The van der Waals surface area contributed by atoms with Crippen LogP contribution in [0.5, 0.6) is 23.0 Å². The van der Waals surface area contributed by atoms with E-state index in [1.54, 1.807) is 0 Å². The fourth-order valence-electron chi connectivity index (χ4n) is 12.9. The van der Waals surface area contributed by atoms with E-state index in [-0.39, 0.29) is 6.71 Å². The fourth-order valence-corrected chi connectivity index (χ4v) is 12.9. The minimum absolute atomic E-state index is 0.195. The zero-order chi connectivity index (χ0) is 47.5. The molecule has 4 aromatic heterocycles. The Hall–Kier alpha value is -9.72. The molecular weight excluding hydrogens is 892 g/mol. The molecule has 0 spiro atoms. The Labute approximate surface area is 418 Å². The van der Waals surface area contributed by atoms with Crippen molar-refractivity contribution in [1.82, 2.24) is 18.3 Å². The summed E-state index contributed by atoms with van der Waals surface area (Å²) in [5.41, 5.74) is 16.7. The zero-order valence-electron chi connectivity index (χ0n) is 39.2. The van der Waals surface area contributed by atoms with Gasteiger partial charge in [-0.05, 0) is 108 Å². The molecule has 0 saturated heterocycles. The van der Waals surface area contributed by atoms with Crippen LogP contribution in [0.3, 0.4) is 0 Å². The van der Waals surface area contributed by atoms with Crippen LogP contribution in [0.2, 0.25) is 0 Å². The third kappa shape index (κ3) is 5.32. The molecule has 6 nitrogen and oxygen atoms in total. The summed E-state index contributed by atoms with van der Waals surface area (Å²) < 4.78 is 24.0. The van der Waals surface area contributed by atoms with Gasteiger partial charge in [0.15, 0.2) is 0 Å². The summed E-state index contributed by atoms with van der Waals surface area (Å²) >= 11 is 0. The van der Waals surface area contributed by atoms with Crippen LogP contribution in [0.1, 0.15) is 0 Å². The predicted molar refractivity (Wildman–Crippen MR) is 301 cm³/mol. The number of nitrogens with zero attached hydrogens (tertiary/aromatic N) is 4. The fraction of sp³-hybridized carbons (Fsp3) is 0. The monoisotopic (exact) mass is 930 g/mol. The number of rotatable bonds is 4. The van der Waals surface area contributed by atoms with E-state index in [1.165, 1.54) is 76.2 Å². The van der Waals surface area contributed by atoms with Crippen LogP contribution < -0.4 is 25.9 Å². The number of hydrogen-bond acceptors (Lipinski definition) is 2. The van der Waals surface area contributed by atoms with Crippen molar-refractivity contribution >= 4 is 110 Å². The second-order valence-electron chi connectivity index (χ2n) is 19.6. The Morgan fingerprint density at radius 1 is 0.233 bits per heavy atom. The maximum atomic E-state index is 7.21. The first-order chi connectivity index (χ1) is 36.2. The van der Waals surface area contributed by atoms with Crippen LogP contribution in [-0.4, -0.2) is 25.0 Å². The molecule has 2 aliphatic rings. The van der Waals surface area contributed by atoms with Crippen molar-refractivity contribution in [2.75, 3.05) is 0 Å². The average Bonchev–Trinajstić information content (AvgIpc) is 4.18. The van der Waals surface area contributed by atoms with Gasteiger partial charge in [-0.2, -0.15) is 0 Å². The molecule has 7 heteroatoms. The van der Waals surface area contributed by atoms with Gasteiger partial charge in [-0.1, -0.05) is 127 Å². The Morgan fingerprint density at radius 3 is 0.890 bits per heavy atom.